The van der Waals surface area contributed by atoms with Crippen LogP contribution < -0.4 is 10.1 Å². The zero-order valence-corrected chi connectivity index (χ0v) is 19.8. The standard InChI is InChI=1S/C26H22F4N4O3/c1-16-9-10-18(14-22(16)26(28,29)30)24(35)31-20-7-4-8-21(15-20)34-23(17-5-3-6-19(27)13-17)32-25(33-34)37-12-11-36-2/h3-10,13-15H,11-12H2,1-2H3,(H,31,35). The minimum atomic E-state index is -4.58. The minimum absolute atomic E-state index is 0.0191. The predicted molar refractivity (Wildman–Crippen MR) is 128 cm³/mol. The monoisotopic (exact) mass is 514 g/mol. The van der Waals surface area contributed by atoms with Crippen molar-refractivity contribution in [2.75, 3.05) is 25.6 Å². The summed E-state index contributed by atoms with van der Waals surface area (Å²) in [4.78, 5) is 17.1. The Morgan fingerprint density at radius 3 is 2.54 bits per heavy atom. The molecule has 192 valence electrons. The summed E-state index contributed by atoms with van der Waals surface area (Å²) in [5.74, 6) is -0.898. The van der Waals surface area contributed by atoms with Gasteiger partial charge in [0.15, 0.2) is 5.82 Å². The average molecular weight is 514 g/mol. The van der Waals surface area contributed by atoms with E-state index in [1.54, 1.807) is 30.3 Å². The molecule has 0 saturated carbocycles. The largest absolute Gasteiger partial charge is 0.460 e. The molecule has 7 nitrogen and oxygen atoms in total. The quantitative estimate of drug-likeness (QED) is 0.242. The van der Waals surface area contributed by atoms with E-state index in [2.05, 4.69) is 15.4 Å². The zero-order valence-electron chi connectivity index (χ0n) is 19.8. The molecule has 0 bridgehead atoms. The highest BCUT2D eigenvalue weighted by molar-refractivity contribution is 6.04. The first-order chi connectivity index (χ1) is 17.7. The Kier molecular flexibility index (Phi) is 7.53. The van der Waals surface area contributed by atoms with Crippen LogP contribution in [-0.4, -0.2) is 41.0 Å². The lowest BCUT2D eigenvalue weighted by atomic mass is 10.0. The average Bonchev–Trinajstić information content (AvgIpc) is 3.28. The molecule has 37 heavy (non-hydrogen) atoms. The number of aromatic nitrogens is 3. The van der Waals surface area contributed by atoms with Gasteiger partial charge in [0.05, 0.1) is 17.9 Å². The molecule has 1 amide bonds. The van der Waals surface area contributed by atoms with Crippen LogP contribution in [0.25, 0.3) is 17.1 Å². The fourth-order valence-corrected chi connectivity index (χ4v) is 3.55. The third-order valence-corrected chi connectivity index (χ3v) is 5.34. The second-order valence-electron chi connectivity index (χ2n) is 8.01. The fraction of sp³-hybridized carbons (Fsp3) is 0.192. The van der Waals surface area contributed by atoms with Crippen molar-refractivity contribution in [3.05, 3.63) is 89.2 Å². The van der Waals surface area contributed by atoms with Gasteiger partial charge in [0.2, 0.25) is 0 Å². The number of alkyl halides is 3. The Morgan fingerprint density at radius 1 is 1.03 bits per heavy atom. The maximum Gasteiger partial charge on any atom is 0.416 e. The topological polar surface area (TPSA) is 78.3 Å². The number of nitrogens with zero attached hydrogens (tertiary/aromatic N) is 3. The van der Waals surface area contributed by atoms with Crippen LogP contribution in [-0.2, 0) is 10.9 Å². The van der Waals surface area contributed by atoms with Gasteiger partial charge in [0.25, 0.3) is 5.91 Å². The van der Waals surface area contributed by atoms with Gasteiger partial charge in [0, 0.05) is 23.9 Å². The Labute approximate surface area is 209 Å². The number of carbonyl (C=O) groups is 1. The van der Waals surface area contributed by atoms with Crippen molar-refractivity contribution in [2.24, 2.45) is 0 Å². The lowest BCUT2D eigenvalue weighted by Crippen LogP contribution is -2.15. The summed E-state index contributed by atoms with van der Waals surface area (Å²) in [6.07, 6.45) is -4.58. The summed E-state index contributed by atoms with van der Waals surface area (Å²) in [7, 11) is 1.52. The van der Waals surface area contributed by atoms with Crippen molar-refractivity contribution in [3.63, 3.8) is 0 Å². The molecule has 1 heterocycles. The number of aryl methyl sites for hydroxylation is 1. The van der Waals surface area contributed by atoms with Gasteiger partial charge in [-0.15, -0.1) is 5.10 Å². The molecule has 0 aliphatic carbocycles. The Morgan fingerprint density at radius 2 is 1.81 bits per heavy atom. The molecule has 1 N–H and O–H groups in total. The summed E-state index contributed by atoms with van der Waals surface area (Å²) < 4.78 is 65.6. The van der Waals surface area contributed by atoms with Crippen LogP contribution in [0.15, 0.2) is 66.7 Å². The predicted octanol–water partition coefficient (Wildman–Crippen LogP) is 5.68. The van der Waals surface area contributed by atoms with E-state index in [4.69, 9.17) is 9.47 Å². The number of methoxy groups -OCH3 is 1. The van der Waals surface area contributed by atoms with Gasteiger partial charge in [-0.05, 0) is 55.0 Å². The molecule has 0 unspecified atom stereocenters. The van der Waals surface area contributed by atoms with Crippen LogP contribution in [0, 0.1) is 12.7 Å². The van der Waals surface area contributed by atoms with Crippen LogP contribution in [0.5, 0.6) is 6.01 Å². The van der Waals surface area contributed by atoms with E-state index in [1.807, 2.05) is 0 Å². The molecule has 0 aliphatic heterocycles. The number of benzene rings is 3. The van der Waals surface area contributed by atoms with E-state index < -0.39 is 23.5 Å². The SMILES string of the molecule is COCCOc1nc(-c2cccc(F)c2)n(-c2cccc(NC(=O)c3ccc(C)c(C(F)(F)F)c3)c2)n1. The molecule has 0 spiro atoms. The van der Waals surface area contributed by atoms with E-state index in [0.717, 1.165) is 6.07 Å². The number of hydrogen-bond donors (Lipinski definition) is 1. The summed E-state index contributed by atoms with van der Waals surface area (Å²) in [5, 5.41) is 6.96. The van der Waals surface area contributed by atoms with Crippen molar-refractivity contribution < 1.29 is 31.8 Å². The van der Waals surface area contributed by atoms with E-state index in [9.17, 15) is 22.4 Å². The Hall–Kier alpha value is -4.25. The lowest BCUT2D eigenvalue weighted by Gasteiger charge is -2.13. The van der Waals surface area contributed by atoms with Crippen molar-refractivity contribution >= 4 is 11.6 Å². The first-order valence-electron chi connectivity index (χ1n) is 11.1. The Bertz CT molecular complexity index is 1420. The highest BCUT2D eigenvalue weighted by Crippen LogP contribution is 2.32. The van der Waals surface area contributed by atoms with E-state index in [1.165, 1.54) is 49.0 Å². The second-order valence-corrected chi connectivity index (χ2v) is 8.01. The van der Waals surface area contributed by atoms with Crippen molar-refractivity contribution in [1.82, 2.24) is 14.8 Å². The number of ether oxygens (including phenoxy) is 2. The molecule has 0 fully saturated rings. The van der Waals surface area contributed by atoms with Crippen LogP contribution in [0.1, 0.15) is 21.5 Å². The molecule has 3 aromatic carbocycles. The third kappa shape index (κ3) is 6.12. The van der Waals surface area contributed by atoms with Gasteiger partial charge in [-0.25, -0.2) is 9.07 Å². The molecule has 0 radical (unpaired) electrons. The molecule has 11 heteroatoms. The van der Waals surface area contributed by atoms with Crippen molar-refractivity contribution in [3.8, 4) is 23.1 Å². The van der Waals surface area contributed by atoms with E-state index in [-0.39, 0.29) is 29.6 Å². The van der Waals surface area contributed by atoms with Crippen LogP contribution in [0.4, 0.5) is 23.2 Å². The highest BCUT2D eigenvalue weighted by atomic mass is 19.4. The van der Waals surface area contributed by atoms with E-state index in [0.29, 0.717) is 23.5 Å². The molecular formula is C26H22F4N4O3. The number of halogens is 4. The van der Waals surface area contributed by atoms with Gasteiger partial charge >= 0.3 is 12.2 Å². The van der Waals surface area contributed by atoms with Gasteiger partial charge < -0.3 is 14.8 Å². The van der Waals surface area contributed by atoms with Crippen LogP contribution in [0.3, 0.4) is 0 Å². The zero-order chi connectivity index (χ0) is 26.6. The molecular weight excluding hydrogens is 492 g/mol. The molecule has 0 atom stereocenters. The number of nitrogens with one attached hydrogen (secondary N) is 1. The van der Waals surface area contributed by atoms with Gasteiger partial charge in [-0.3, -0.25) is 4.79 Å². The molecule has 1 aromatic heterocycles. The van der Waals surface area contributed by atoms with Crippen LogP contribution in [0.2, 0.25) is 0 Å². The number of amides is 1. The molecule has 0 aliphatic rings. The van der Waals surface area contributed by atoms with Crippen molar-refractivity contribution in [2.45, 2.75) is 13.1 Å². The number of rotatable bonds is 8. The van der Waals surface area contributed by atoms with Crippen LogP contribution >= 0.6 is 0 Å². The number of carbonyl (C=O) groups excluding carboxylic acids is 1. The first-order valence-corrected chi connectivity index (χ1v) is 11.1. The van der Waals surface area contributed by atoms with Gasteiger partial charge in [-0.1, -0.05) is 24.3 Å². The smallest absolute Gasteiger partial charge is 0.416 e. The van der Waals surface area contributed by atoms with Gasteiger partial charge in [-0.2, -0.15) is 18.2 Å². The van der Waals surface area contributed by atoms with E-state index >= 15 is 0 Å². The maximum absolute atomic E-state index is 13.9. The highest BCUT2D eigenvalue weighted by Gasteiger charge is 2.33. The number of anilines is 1. The van der Waals surface area contributed by atoms with Crippen molar-refractivity contribution in [1.29, 1.82) is 0 Å². The molecule has 4 rings (SSSR count). The van der Waals surface area contributed by atoms with Gasteiger partial charge in [0.1, 0.15) is 12.4 Å². The first kappa shape index (κ1) is 25.8. The Balaban J connectivity index is 1.65. The molecule has 0 saturated heterocycles. The summed E-state index contributed by atoms with van der Waals surface area (Å²) in [6, 6.07) is 15.7. The maximum atomic E-state index is 13.9. The lowest BCUT2D eigenvalue weighted by molar-refractivity contribution is -0.138. The minimum Gasteiger partial charge on any atom is -0.460 e. The fourth-order valence-electron chi connectivity index (χ4n) is 3.55. The second kappa shape index (κ2) is 10.8. The normalized spacial score (nSPS) is 11.4. The summed E-state index contributed by atoms with van der Waals surface area (Å²) in [6.45, 7) is 1.83. The summed E-state index contributed by atoms with van der Waals surface area (Å²) >= 11 is 0. The number of hydrogen-bond acceptors (Lipinski definition) is 5. The summed E-state index contributed by atoms with van der Waals surface area (Å²) in [5.41, 5.74) is 0.189. The third-order valence-electron chi connectivity index (χ3n) is 5.34. The molecule has 4 aromatic rings.